The lowest BCUT2D eigenvalue weighted by atomic mass is 9.32. The number of nitrogens with one attached hydrogen (secondary N) is 1. The maximum Gasteiger partial charge on any atom is 0.228 e. The summed E-state index contributed by atoms with van der Waals surface area (Å²) in [6.07, 6.45) is 15.7. The number of hydrogen-bond acceptors (Lipinski definition) is 5. The van der Waals surface area contributed by atoms with Gasteiger partial charge in [0.2, 0.25) is 11.8 Å². The van der Waals surface area contributed by atoms with Crippen molar-refractivity contribution in [1.82, 2.24) is 15.1 Å². The van der Waals surface area contributed by atoms with Gasteiger partial charge in [0.1, 0.15) is 6.10 Å². The Morgan fingerprint density at radius 2 is 1.52 bits per heavy atom. The first kappa shape index (κ1) is 44.6. The van der Waals surface area contributed by atoms with Crippen molar-refractivity contribution in [2.24, 2.45) is 62.1 Å². The summed E-state index contributed by atoms with van der Waals surface area (Å²) >= 11 is 0. The third-order valence-electron chi connectivity index (χ3n) is 20.5. The van der Waals surface area contributed by atoms with Crippen molar-refractivity contribution in [1.29, 1.82) is 0 Å². The minimum absolute atomic E-state index is 0.0192. The molecule has 0 radical (unpaired) electrons. The molecule has 2 heterocycles. The Morgan fingerprint density at radius 1 is 0.825 bits per heavy atom. The number of carbonyl (C=O) groups excluding carboxylic acids is 3. The second kappa shape index (κ2) is 16.1. The predicted molar refractivity (Wildman–Crippen MR) is 252 cm³/mol. The minimum Gasteiger partial charge on any atom is -0.380 e. The number of likely N-dealkylation sites (tertiary alicyclic amines) is 2. The van der Waals surface area contributed by atoms with E-state index in [-0.39, 0.29) is 50.1 Å². The Balaban J connectivity index is 0.883. The van der Waals surface area contributed by atoms with Gasteiger partial charge in [-0.05, 0) is 157 Å². The first-order chi connectivity index (χ1) is 29.9. The number of hydrogen-bond donors (Lipinski definition) is 2. The highest BCUT2D eigenvalue weighted by Crippen LogP contribution is 2.77. The van der Waals surface area contributed by atoms with Crippen LogP contribution >= 0.6 is 0 Å². The van der Waals surface area contributed by atoms with E-state index in [0.29, 0.717) is 60.2 Å². The van der Waals surface area contributed by atoms with Crippen LogP contribution in [0.5, 0.6) is 0 Å². The second-order valence-electron chi connectivity index (χ2n) is 23.4. The third-order valence-corrected chi connectivity index (χ3v) is 20.5. The molecular weight excluding hydrogens is 779 g/mol. The van der Waals surface area contributed by atoms with Crippen molar-refractivity contribution in [3.63, 3.8) is 0 Å². The van der Waals surface area contributed by atoms with Gasteiger partial charge in [-0.25, -0.2) is 0 Å². The van der Waals surface area contributed by atoms with Crippen LogP contribution in [0.2, 0.25) is 0 Å². The number of nitrogens with zero attached hydrogens (tertiary/aromatic N) is 2. The average molecular weight is 856 g/mol. The lowest BCUT2D eigenvalue weighted by Gasteiger charge is -2.72. The van der Waals surface area contributed by atoms with Crippen molar-refractivity contribution >= 4 is 23.2 Å². The number of fused-ring (bicyclic) bond motifs is 7. The molecule has 1 spiro atoms. The Morgan fingerprint density at radius 3 is 2.19 bits per heavy atom. The van der Waals surface area contributed by atoms with Gasteiger partial charge >= 0.3 is 0 Å². The molecule has 7 aliphatic rings. The fourth-order valence-electron chi connectivity index (χ4n) is 16.8. The summed E-state index contributed by atoms with van der Waals surface area (Å²) in [6, 6.07) is 17.3. The number of allylic oxidation sites excluding steroid dienone is 3. The van der Waals surface area contributed by atoms with Crippen LogP contribution in [0.25, 0.3) is 5.57 Å². The molecule has 2 N–H and O–H groups in total. The number of ketones is 1. The molecule has 6 fully saturated rings. The molecule has 340 valence electrons. The lowest BCUT2D eigenvalue weighted by Crippen LogP contribution is -2.65. The highest BCUT2D eigenvalue weighted by molar-refractivity contribution is 6.00. The summed E-state index contributed by atoms with van der Waals surface area (Å²) in [6.45, 7) is 24.0. The van der Waals surface area contributed by atoms with Crippen molar-refractivity contribution in [2.75, 3.05) is 39.8 Å². The molecular formula is C56H77N3O4. The Bertz CT molecular complexity index is 2140. The van der Waals surface area contributed by atoms with Crippen LogP contribution < -0.4 is 5.32 Å². The summed E-state index contributed by atoms with van der Waals surface area (Å²) < 4.78 is 0. The van der Waals surface area contributed by atoms with Crippen LogP contribution in [0.4, 0.5) is 0 Å². The lowest BCUT2D eigenvalue weighted by molar-refractivity contribution is -0.225. The van der Waals surface area contributed by atoms with Gasteiger partial charge in [0.25, 0.3) is 0 Å². The van der Waals surface area contributed by atoms with E-state index in [1.54, 1.807) is 12.1 Å². The molecule has 7 nitrogen and oxygen atoms in total. The molecule has 10 atom stereocenters. The zero-order chi connectivity index (χ0) is 44.7. The van der Waals surface area contributed by atoms with E-state index in [0.717, 1.165) is 45.3 Å². The normalized spacial score (nSPS) is 37.0. The summed E-state index contributed by atoms with van der Waals surface area (Å²) in [5, 5.41) is 14.7. The molecule has 4 saturated carbocycles. The molecule has 0 bridgehead atoms. The number of rotatable bonds is 10. The molecule has 7 heteroatoms. The number of benzene rings is 2. The standard InChI is InChI=1S/C56H77N3O4/c1-37(2)41-20-26-56(36-57-32-23-46(60)59-34-30-55(31-35-59)29-33-58(8)50(55)63)28-27-53(6)43(47(41)56)18-19-45-52(5)24-21-42(51(3,4)44(52)22-25-54(45,53)7)38-14-16-40(17-15-38)49(62)48(61)39-12-10-9-11-13-39/h9-17,21,41,43-45,47-48,57,61H,1,18-20,22-36H2,2-8H3/t41-,43+,44-,45+,47+,48?,52-,53+,54+,56+/m0/s1. The number of carbonyl (C=O) groups is 3. The first-order valence-corrected chi connectivity index (χ1v) is 24.9. The van der Waals surface area contributed by atoms with Crippen molar-refractivity contribution in [3.8, 4) is 0 Å². The summed E-state index contributed by atoms with van der Waals surface area (Å²) in [4.78, 5) is 43.5. The predicted octanol–water partition coefficient (Wildman–Crippen LogP) is 10.7. The fourth-order valence-corrected chi connectivity index (χ4v) is 16.8. The van der Waals surface area contributed by atoms with Crippen LogP contribution in [0.3, 0.4) is 0 Å². The van der Waals surface area contributed by atoms with Gasteiger partial charge in [-0.3, -0.25) is 14.4 Å². The smallest absolute Gasteiger partial charge is 0.228 e. The Kier molecular flexibility index (Phi) is 11.4. The Labute approximate surface area is 378 Å². The number of aliphatic hydroxyl groups is 1. The quantitative estimate of drug-likeness (QED) is 0.141. The number of Topliss-reactive ketones (excluding diaryl/α,β-unsaturated/α-hetero) is 1. The SMILES string of the molecule is C=C(C)[C@@H]1CC[C@]2(CNCCC(=O)N3CCC4(CCN(C)C4=O)CC3)CC[C@]3(C)[C@H](CC[C@@H]4[C@@]5(C)CC=C(c6ccc(C(=O)C(O)c7ccccc7)cc6)C(C)(C)[C@@H]5CC[C@]43C)[C@@H]12. The van der Waals surface area contributed by atoms with E-state index in [1.165, 1.54) is 68.1 Å². The number of piperidine rings is 1. The van der Waals surface area contributed by atoms with Gasteiger partial charge in [-0.1, -0.05) is 107 Å². The zero-order valence-electron chi connectivity index (χ0n) is 39.7. The van der Waals surface area contributed by atoms with Crippen molar-refractivity contribution in [2.45, 2.75) is 131 Å². The third kappa shape index (κ3) is 6.97. The van der Waals surface area contributed by atoms with Gasteiger partial charge in [0.05, 0.1) is 5.41 Å². The number of aliphatic hydroxyl groups excluding tert-OH is 1. The van der Waals surface area contributed by atoms with Crippen molar-refractivity contribution in [3.05, 3.63) is 89.5 Å². The van der Waals surface area contributed by atoms with E-state index < -0.39 is 6.10 Å². The maximum atomic E-state index is 13.5. The molecule has 2 aromatic rings. The van der Waals surface area contributed by atoms with Crippen LogP contribution in [-0.4, -0.2) is 72.3 Å². The average Bonchev–Trinajstić information content (AvgIpc) is 3.79. The van der Waals surface area contributed by atoms with Gasteiger partial charge < -0.3 is 20.2 Å². The molecule has 1 unspecified atom stereocenters. The summed E-state index contributed by atoms with van der Waals surface area (Å²) in [7, 11) is 1.91. The molecule has 2 saturated heterocycles. The maximum absolute atomic E-state index is 13.5. The fraction of sp³-hybridized carbons (Fsp3) is 0.661. The molecule has 63 heavy (non-hydrogen) atoms. The molecule has 9 rings (SSSR count). The van der Waals surface area contributed by atoms with E-state index >= 15 is 0 Å². The zero-order valence-corrected chi connectivity index (χ0v) is 39.7. The summed E-state index contributed by atoms with van der Waals surface area (Å²) in [5.74, 6) is 3.32. The minimum atomic E-state index is -1.16. The molecule has 0 aromatic heterocycles. The van der Waals surface area contributed by atoms with Crippen LogP contribution in [0.1, 0.15) is 153 Å². The highest BCUT2D eigenvalue weighted by Gasteiger charge is 2.70. The highest BCUT2D eigenvalue weighted by atomic mass is 16.3. The van der Waals surface area contributed by atoms with E-state index in [2.05, 4.69) is 71.6 Å². The van der Waals surface area contributed by atoms with Gasteiger partial charge in [0.15, 0.2) is 5.78 Å². The topological polar surface area (TPSA) is 90.0 Å². The molecule has 2 amide bonds. The van der Waals surface area contributed by atoms with Crippen LogP contribution in [-0.2, 0) is 9.59 Å². The molecule has 2 aromatic carbocycles. The van der Waals surface area contributed by atoms with Crippen molar-refractivity contribution < 1.29 is 19.5 Å². The molecule has 5 aliphatic carbocycles. The largest absolute Gasteiger partial charge is 0.380 e. The molecule has 2 aliphatic heterocycles. The van der Waals surface area contributed by atoms with Gasteiger partial charge in [-0.15, -0.1) is 0 Å². The van der Waals surface area contributed by atoms with Crippen LogP contribution in [0.15, 0.2) is 72.8 Å². The Hall–Kier alpha value is -3.55. The monoisotopic (exact) mass is 856 g/mol. The second-order valence-corrected chi connectivity index (χ2v) is 23.4. The first-order valence-electron chi connectivity index (χ1n) is 24.9. The van der Waals surface area contributed by atoms with Gasteiger partial charge in [0, 0.05) is 51.8 Å². The van der Waals surface area contributed by atoms with E-state index in [1.807, 2.05) is 47.2 Å². The van der Waals surface area contributed by atoms with E-state index in [4.69, 9.17) is 0 Å². The van der Waals surface area contributed by atoms with Crippen LogP contribution in [0, 0.1) is 62.1 Å². The number of amides is 2. The van der Waals surface area contributed by atoms with E-state index in [9.17, 15) is 19.5 Å². The summed E-state index contributed by atoms with van der Waals surface area (Å²) in [5.41, 5.74) is 5.85. The van der Waals surface area contributed by atoms with Gasteiger partial charge in [-0.2, -0.15) is 0 Å².